The zero-order valence-corrected chi connectivity index (χ0v) is 7.95. The first-order valence-corrected chi connectivity index (χ1v) is 4.59. The molecule has 13 heavy (non-hydrogen) atoms. The molecule has 0 N–H and O–H groups in total. The van der Waals surface area contributed by atoms with Crippen molar-refractivity contribution in [1.29, 1.82) is 0 Å². The fourth-order valence-corrected chi connectivity index (χ4v) is 1.62. The molecule has 0 spiro atoms. The van der Waals surface area contributed by atoms with Crippen LogP contribution in [-0.4, -0.2) is 20.8 Å². The molecular weight excluding hydrogens is 166 g/mol. The van der Waals surface area contributed by atoms with Crippen LogP contribution in [0.1, 0.15) is 36.7 Å². The average Bonchev–Trinajstić information content (AvgIpc) is 2.82. The highest BCUT2D eigenvalue weighted by atomic mass is 16.1. The van der Waals surface area contributed by atoms with E-state index in [2.05, 4.69) is 17.2 Å². The molecule has 0 saturated heterocycles. The molecule has 1 aliphatic carbocycles. The Morgan fingerprint density at radius 2 is 2.38 bits per heavy atom. The molecule has 1 heterocycles. The molecule has 1 saturated carbocycles. The zero-order valence-electron chi connectivity index (χ0n) is 7.95. The van der Waals surface area contributed by atoms with E-state index in [1.807, 2.05) is 0 Å². The van der Waals surface area contributed by atoms with Crippen molar-refractivity contribution in [2.45, 2.75) is 26.2 Å². The smallest absolute Gasteiger partial charge is 0.190 e. The third-order valence-electron chi connectivity index (χ3n) is 2.85. The summed E-state index contributed by atoms with van der Waals surface area (Å²) in [6, 6.07) is 0. The van der Waals surface area contributed by atoms with E-state index in [-0.39, 0.29) is 11.2 Å². The van der Waals surface area contributed by atoms with Crippen LogP contribution in [0.2, 0.25) is 0 Å². The van der Waals surface area contributed by atoms with E-state index >= 15 is 0 Å². The largest absolute Gasteiger partial charge is 0.292 e. The minimum Gasteiger partial charge on any atom is -0.292 e. The van der Waals surface area contributed by atoms with Gasteiger partial charge in [0.25, 0.3) is 0 Å². The van der Waals surface area contributed by atoms with Gasteiger partial charge in [-0.2, -0.15) is 0 Å². The molecule has 1 fully saturated rings. The maximum Gasteiger partial charge on any atom is 0.190 e. The van der Waals surface area contributed by atoms with Crippen molar-refractivity contribution in [1.82, 2.24) is 15.0 Å². The van der Waals surface area contributed by atoms with Gasteiger partial charge >= 0.3 is 0 Å². The molecule has 0 amide bonds. The number of carbonyl (C=O) groups is 1. The predicted octanol–water partition coefficient (Wildman–Crippen LogP) is 1.19. The third-order valence-corrected chi connectivity index (χ3v) is 2.85. The molecule has 1 aliphatic rings. The number of aromatic nitrogens is 3. The molecule has 0 unspecified atom stereocenters. The lowest BCUT2D eigenvalue weighted by molar-refractivity contribution is 0.0891. The molecule has 0 aliphatic heterocycles. The van der Waals surface area contributed by atoms with E-state index < -0.39 is 0 Å². The lowest BCUT2D eigenvalue weighted by atomic mass is 9.96. The summed E-state index contributed by atoms with van der Waals surface area (Å²) in [4.78, 5) is 11.9. The molecule has 4 nitrogen and oxygen atoms in total. The van der Waals surface area contributed by atoms with Gasteiger partial charge in [-0.05, 0) is 19.3 Å². The van der Waals surface area contributed by atoms with Crippen molar-refractivity contribution in [2.24, 2.45) is 12.5 Å². The van der Waals surface area contributed by atoms with E-state index in [0.29, 0.717) is 5.69 Å². The Labute approximate surface area is 76.9 Å². The number of nitrogens with zero attached hydrogens (tertiary/aromatic N) is 3. The maximum atomic E-state index is 11.9. The van der Waals surface area contributed by atoms with E-state index in [9.17, 15) is 4.79 Å². The van der Waals surface area contributed by atoms with Crippen molar-refractivity contribution >= 4 is 5.78 Å². The number of hydrogen-bond acceptors (Lipinski definition) is 3. The lowest BCUT2D eigenvalue weighted by Gasteiger charge is -2.06. The lowest BCUT2D eigenvalue weighted by Crippen LogP contribution is -2.15. The minimum atomic E-state index is -0.0873. The van der Waals surface area contributed by atoms with E-state index in [1.54, 1.807) is 17.9 Å². The Balaban J connectivity index is 2.23. The summed E-state index contributed by atoms with van der Waals surface area (Å²) in [7, 11) is 1.77. The molecule has 4 heteroatoms. The number of aryl methyl sites for hydroxylation is 1. The highest BCUT2D eigenvalue weighted by molar-refractivity contribution is 6.00. The summed E-state index contributed by atoms with van der Waals surface area (Å²) in [5, 5.41) is 7.59. The second kappa shape index (κ2) is 2.65. The quantitative estimate of drug-likeness (QED) is 0.655. The van der Waals surface area contributed by atoms with Crippen LogP contribution in [-0.2, 0) is 7.05 Å². The predicted molar refractivity (Wildman–Crippen MR) is 47.3 cm³/mol. The van der Waals surface area contributed by atoms with Crippen LogP contribution in [0.5, 0.6) is 0 Å². The SMILES string of the molecule is CCC1(C(=O)c2cn(C)nn2)CC1. The first-order valence-electron chi connectivity index (χ1n) is 4.59. The van der Waals surface area contributed by atoms with Gasteiger partial charge in [0, 0.05) is 12.5 Å². The van der Waals surface area contributed by atoms with Gasteiger partial charge in [-0.1, -0.05) is 12.1 Å². The Hall–Kier alpha value is -1.19. The van der Waals surface area contributed by atoms with E-state index in [4.69, 9.17) is 0 Å². The van der Waals surface area contributed by atoms with Crippen LogP contribution in [0.3, 0.4) is 0 Å². The Bertz CT molecular complexity index is 338. The van der Waals surface area contributed by atoms with Crippen molar-refractivity contribution < 1.29 is 4.79 Å². The molecule has 0 aromatic carbocycles. The number of rotatable bonds is 3. The van der Waals surface area contributed by atoms with Crippen molar-refractivity contribution in [3.63, 3.8) is 0 Å². The van der Waals surface area contributed by atoms with Crippen molar-refractivity contribution in [3.05, 3.63) is 11.9 Å². The first kappa shape index (κ1) is 8.41. The van der Waals surface area contributed by atoms with Gasteiger partial charge in [-0.3, -0.25) is 9.48 Å². The zero-order chi connectivity index (χ0) is 9.47. The molecule has 1 aromatic heterocycles. The van der Waals surface area contributed by atoms with Crippen LogP contribution in [0, 0.1) is 5.41 Å². The monoisotopic (exact) mass is 179 g/mol. The summed E-state index contributed by atoms with van der Waals surface area (Å²) >= 11 is 0. The van der Waals surface area contributed by atoms with Gasteiger partial charge < -0.3 is 0 Å². The Morgan fingerprint density at radius 1 is 1.69 bits per heavy atom. The normalized spacial score (nSPS) is 18.6. The van der Waals surface area contributed by atoms with Crippen LogP contribution in [0.25, 0.3) is 0 Å². The van der Waals surface area contributed by atoms with E-state index in [0.717, 1.165) is 19.3 Å². The summed E-state index contributed by atoms with van der Waals surface area (Å²) in [6.45, 7) is 2.06. The topological polar surface area (TPSA) is 47.8 Å². The first-order chi connectivity index (χ1) is 6.18. The number of Topliss-reactive ketones (excluding diaryl/α,β-unsaturated/α-hetero) is 1. The van der Waals surface area contributed by atoms with Crippen molar-refractivity contribution in [2.75, 3.05) is 0 Å². The van der Waals surface area contributed by atoms with Gasteiger partial charge in [-0.25, -0.2) is 0 Å². The van der Waals surface area contributed by atoms with Crippen LogP contribution in [0.15, 0.2) is 6.20 Å². The molecule has 0 atom stereocenters. The highest BCUT2D eigenvalue weighted by Crippen LogP contribution is 2.50. The van der Waals surface area contributed by atoms with Gasteiger partial charge in [-0.15, -0.1) is 5.10 Å². The molecule has 2 rings (SSSR count). The molecule has 1 aromatic rings. The maximum absolute atomic E-state index is 11.9. The summed E-state index contributed by atoms with van der Waals surface area (Å²) < 4.78 is 1.57. The highest BCUT2D eigenvalue weighted by Gasteiger charge is 2.48. The number of carbonyl (C=O) groups excluding carboxylic acids is 1. The van der Waals surface area contributed by atoms with Crippen molar-refractivity contribution in [3.8, 4) is 0 Å². The molecular formula is C9H13N3O. The van der Waals surface area contributed by atoms with Crippen LogP contribution >= 0.6 is 0 Å². The van der Waals surface area contributed by atoms with Gasteiger partial charge in [0.2, 0.25) is 0 Å². The molecule has 70 valence electrons. The van der Waals surface area contributed by atoms with Gasteiger partial charge in [0.15, 0.2) is 5.78 Å². The fraction of sp³-hybridized carbons (Fsp3) is 0.667. The molecule has 0 radical (unpaired) electrons. The fourth-order valence-electron chi connectivity index (χ4n) is 1.62. The summed E-state index contributed by atoms with van der Waals surface area (Å²) in [5.74, 6) is 0.170. The third kappa shape index (κ3) is 1.26. The Kier molecular flexibility index (Phi) is 1.71. The van der Waals surface area contributed by atoms with Gasteiger partial charge in [0.05, 0.1) is 6.20 Å². The standard InChI is InChI=1S/C9H13N3O/c1-3-9(4-5-9)8(13)7-6-12(2)11-10-7/h6H,3-5H2,1-2H3. The average molecular weight is 179 g/mol. The van der Waals surface area contributed by atoms with Crippen LogP contribution < -0.4 is 0 Å². The van der Waals surface area contributed by atoms with Crippen LogP contribution in [0.4, 0.5) is 0 Å². The van der Waals surface area contributed by atoms with Gasteiger partial charge in [0.1, 0.15) is 5.69 Å². The molecule has 0 bridgehead atoms. The summed E-state index contributed by atoms with van der Waals surface area (Å²) in [5.41, 5.74) is 0.428. The Morgan fingerprint density at radius 3 is 2.77 bits per heavy atom. The summed E-state index contributed by atoms with van der Waals surface area (Å²) in [6.07, 6.45) is 4.64. The van der Waals surface area contributed by atoms with E-state index in [1.165, 1.54) is 0 Å². The second-order valence-electron chi connectivity index (χ2n) is 3.74. The number of ketones is 1. The second-order valence-corrected chi connectivity index (χ2v) is 3.74. The minimum absolute atomic E-state index is 0.0873. The number of hydrogen-bond donors (Lipinski definition) is 0.